The molecule has 0 radical (unpaired) electrons. The van der Waals surface area contributed by atoms with Crippen molar-refractivity contribution in [1.82, 2.24) is 9.97 Å². The first-order valence-electron chi connectivity index (χ1n) is 11.3. The predicted molar refractivity (Wildman–Crippen MR) is 122 cm³/mol. The fourth-order valence-electron chi connectivity index (χ4n) is 5.30. The van der Waals surface area contributed by atoms with Crippen molar-refractivity contribution in [3.63, 3.8) is 0 Å². The van der Waals surface area contributed by atoms with Crippen LogP contribution in [0.2, 0.25) is 0 Å². The Morgan fingerprint density at radius 2 is 1.63 bits per heavy atom. The third-order valence-corrected chi connectivity index (χ3v) is 7.88. The second-order valence-electron chi connectivity index (χ2n) is 9.25. The smallest absolute Gasteiger partial charge is 0.260 e. The largest absolute Gasteiger partial charge is 0.322 e. The highest BCUT2D eigenvalue weighted by Gasteiger charge is 2.25. The summed E-state index contributed by atoms with van der Waals surface area (Å²) in [5, 5.41) is 0.871. The van der Waals surface area contributed by atoms with Crippen molar-refractivity contribution < 1.29 is 9.80 Å². The van der Waals surface area contributed by atoms with Gasteiger partial charge < -0.3 is 14.8 Å². The lowest BCUT2D eigenvalue weighted by atomic mass is 9.97. The number of aromatic amines is 1. The van der Waals surface area contributed by atoms with Crippen LogP contribution >= 0.6 is 11.3 Å². The molecule has 2 aromatic heterocycles. The molecule has 1 saturated heterocycles. The maximum absolute atomic E-state index is 12.8. The Morgan fingerprint density at radius 1 is 0.967 bits per heavy atom. The van der Waals surface area contributed by atoms with Gasteiger partial charge in [0.2, 0.25) is 0 Å². The molecule has 1 fully saturated rings. The molecule has 0 saturated carbocycles. The SMILES string of the molecule is Cc1cc(C)cc(C[NH+]2CC[NH+](Cc3nc4sc5c(c4c(=O)[nH]3)CCCC5)CC2)c1. The summed E-state index contributed by atoms with van der Waals surface area (Å²) in [6, 6.07) is 6.89. The molecule has 1 aliphatic carbocycles. The van der Waals surface area contributed by atoms with Crippen molar-refractivity contribution in [2.75, 3.05) is 26.2 Å². The molecule has 2 aliphatic rings. The second-order valence-corrected chi connectivity index (χ2v) is 10.3. The summed E-state index contributed by atoms with van der Waals surface area (Å²) in [6.45, 7) is 10.9. The van der Waals surface area contributed by atoms with Crippen molar-refractivity contribution in [3.05, 3.63) is 61.5 Å². The molecule has 6 heteroatoms. The molecule has 1 aromatic carbocycles. The highest BCUT2D eigenvalue weighted by atomic mass is 32.1. The van der Waals surface area contributed by atoms with Crippen molar-refractivity contribution in [2.45, 2.75) is 52.6 Å². The quantitative estimate of drug-likeness (QED) is 0.585. The number of aryl methyl sites for hydroxylation is 4. The van der Waals surface area contributed by atoms with Crippen LogP contribution < -0.4 is 15.4 Å². The van der Waals surface area contributed by atoms with E-state index in [0.717, 1.165) is 55.1 Å². The van der Waals surface area contributed by atoms with E-state index in [2.05, 4.69) is 37.0 Å². The number of thiophene rings is 1. The number of hydrogen-bond donors (Lipinski definition) is 3. The van der Waals surface area contributed by atoms with Crippen LogP contribution in [0.5, 0.6) is 0 Å². The van der Waals surface area contributed by atoms with Crippen LogP contribution in [-0.2, 0) is 25.9 Å². The van der Waals surface area contributed by atoms with Gasteiger partial charge in [-0.05, 0) is 45.1 Å². The Bertz CT molecular complexity index is 1100. The summed E-state index contributed by atoms with van der Waals surface area (Å²) in [5.41, 5.74) is 5.51. The van der Waals surface area contributed by atoms with Gasteiger partial charge in [-0.2, -0.15) is 0 Å². The van der Waals surface area contributed by atoms with Crippen molar-refractivity contribution in [3.8, 4) is 0 Å². The number of aromatic nitrogens is 2. The fraction of sp³-hybridized carbons (Fsp3) is 0.500. The standard InChI is InChI=1S/C24H30N4OS/c1-16-11-17(2)13-18(12-16)14-27-7-9-28(10-8-27)15-21-25-23(29)22-19-5-3-4-6-20(19)30-24(22)26-21/h11-13H,3-10,14-15H2,1-2H3,(H,25,26,29)/p+2. The Balaban J connectivity index is 1.24. The van der Waals surface area contributed by atoms with Gasteiger partial charge in [0.05, 0.1) is 5.39 Å². The molecule has 0 amide bonds. The van der Waals surface area contributed by atoms with Gasteiger partial charge >= 0.3 is 0 Å². The second kappa shape index (κ2) is 8.25. The Kier molecular flexibility index (Phi) is 5.48. The van der Waals surface area contributed by atoms with Gasteiger partial charge in [-0.15, -0.1) is 11.3 Å². The molecule has 3 N–H and O–H groups in total. The Morgan fingerprint density at radius 3 is 2.37 bits per heavy atom. The number of nitrogens with zero attached hydrogens (tertiary/aromatic N) is 1. The number of hydrogen-bond acceptors (Lipinski definition) is 3. The molecule has 3 aromatic rings. The first kappa shape index (κ1) is 19.9. The van der Waals surface area contributed by atoms with E-state index in [0.29, 0.717) is 0 Å². The lowest BCUT2D eigenvalue weighted by Crippen LogP contribution is -3.27. The van der Waals surface area contributed by atoms with Gasteiger partial charge in [-0.25, -0.2) is 4.98 Å². The Labute approximate surface area is 181 Å². The van der Waals surface area contributed by atoms with E-state index >= 15 is 0 Å². The fourth-order valence-corrected chi connectivity index (χ4v) is 6.58. The van der Waals surface area contributed by atoms with Crippen LogP contribution in [0.3, 0.4) is 0 Å². The number of rotatable bonds is 4. The number of quaternary nitrogens is 2. The first-order valence-corrected chi connectivity index (χ1v) is 12.1. The van der Waals surface area contributed by atoms with Crippen LogP contribution in [0, 0.1) is 13.8 Å². The normalized spacial score (nSPS) is 21.7. The lowest BCUT2D eigenvalue weighted by Gasteiger charge is -2.29. The van der Waals surface area contributed by atoms with E-state index in [1.807, 2.05) is 0 Å². The number of piperazine rings is 1. The van der Waals surface area contributed by atoms with E-state index in [1.165, 1.54) is 58.0 Å². The summed E-state index contributed by atoms with van der Waals surface area (Å²) in [6.07, 6.45) is 4.58. The van der Waals surface area contributed by atoms with E-state index in [1.54, 1.807) is 16.2 Å². The van der Waals surface area contributed by atoms with Crippen LogP contribution in [0.1, 0.15) is 45.8 Å². The van der Waals surface area contributed by atoms with Gasteiger partial charge in [0.1, 0.15) is 44.1 Å². The minimum atomic E-state index is 0.0767. The molecule has 1 aliphatic heterocycles. The molecule has 5 rings (SSSR count). The lowest BCUT2D eigenvalue weighted by molar-refractivity contribution is -1.02. The van der Waals surface area contributed by atoms with Crippen LogP contribution in [0.15, 0.2) is 23.0 Å². The molecule has 30 heavy (non-hydrogen) atoms. The topological polar surface area (TPSA) is 54.6 Å². The van der Waals surface area contributed by atoms with Crippen LogP contribution in [-0.4, -0.2) is 36.1 Å². The van der Waals surface area contributed by atoms with Crippen molar-refractivity contribution >= 4 is 21.6 Å². The van der Waals surface area contributed by atoms with Gasteiger partial charge in [0.25, 0.3) is 5.56 Å². The third kappa shape index (κ3) is 4.09. The minimum absolute atomic E-state index is 0.0767. The summed E-state index contributed by atoms with van der Waals surface area (Å²) in [4.78, 5) is 26.3. The van der Waals surface area contributed by atoms with Gasteiger partial charge in [0.15, 0.2) is 5.82 Å². The highest BCUT2D eigenvalue weighted by Crippen LogP contribution is 2.33. The molecule has 5 nitrogen and oxygen atoms in total. The molecular weight excluding hydrogens is 392 g/mol. The van der Waals surface area contributed by atoms with Crippen molar-refractivity contribution in [1.29, 1.82) is 0 Å². The van der Waals surface area contributed by atoms with E-state index in [-0.39, 0.29) is 5.56 Å². The average molecular weight is 425 g/mol. The van der Waals surface area contributed by atoms with Crippen molar-refractivity contribution in [2.24, 2.45) is 0 Å². The van der Waals surface area contributed by atoms with Gasteiger partial charge in [-0.1, -0.05) is 29.3 Å². The maximum atomic E-state index is 12.8. The first-order chi connectivity index (χ1) is 14.5. The van der Waals surface area contributed by atoms with Crippen LogP contribution in [0.4, 0.5) is 0 Å². The molecule has 3 heterocycles. The molecule has 0 atom stereocenters. The summed E-state index contributed by atoms with van der Waals surface area (Å²) in [7, 11) is 0. The third-order valence-electron chi connectivity index (χ3n) is 6.69. The molecule has 158 valence electrons. The number of fused-ring (bicyclic) bond motifs is 3. The highest BCUT2D eigenvalue weighted by molar-refractivity contribution is 7.18. The predicted octanol–water partition coefficient (Wildman–Crippen LogP) is 0.964. The van der Waals surface area contributed by atoms with E-state index in [4.69, 9.17) is 4.98 Å². The Hall–Kier alpha value is -2.02. The maximum Gasteiger partial charge on any atom is 0.260 e. The number of nitrogens with one attached hydrogen (secondary N) is 3. The zero-order valence-corrected chi connectivity index (χ0v) is 18.9. The molecular formula is C24H32N4OS+2. The molecule has 0 unspecified atom stereocenters. The minimum Gasteiger partial charge on any atom is -0.322 e. The van der Waals surface area contributed by atoms with E-state index < -0.39 is 0 Å². The van der Waals surface area contributed by atoms with Gasteiger partial charge in [-0.3, -0.25) is 4.79 Å². The monoisotopic (exact) mass is 424 g/mol. The average Bonchev–Trinajstić information content (AvgIpc) is 3.07. The number of H-pyrrole nitrogens is 1. The zero-order chi connectivity index (χ0) is 20.7. The molecule has 0 spiro atoms. The van der Waals surface area contributed by atoms with Gasteiger partial charge in [0, 0.05) is 10.4 Å². The summed E-state index contributed by atoms with van der Waals surface area (Å²) < 4.78 is 0. The summed E-state index contributed by atoms with van der Waals surface area (Å²) in [5.74, 6) is 0.860. The van der Waals surface area contributed by atoms with Crippen LogP contribution in [0.25, 0.3) is 10.2 Å². The molecule has 0 bridgehead atoms. The van der Waals surface area contributed by atoms with E-state index in [9.17, 15) is 4.79 Å². The number of benzene rings is 1. The summed E-state index contributed by atoms with van der Waals surface area (Å²) >= 11 is 1.75. The zero-order valence-electron chi connectivity index (χ0n) is 18.1.